The molecule has 3 aromatic heterocycles. The number of rotatable bonds is 6. The van der Waals surface area contributed by atoms with Gasteiger partial charge in [0.1, 0.15) is 12.2 Å². The molecule has 1 aliphatic heterocycles. The van der Waals surface area contributed by atoms with Crippen LogP contribution in [0.1, 0.15) is 61.0 Å². The Bertz CT molecular complexity index is 1530. The number of imidazole rings is 1. The molecule has 0 spiro atoms. The van der Waals surface area contributed by atoms with E-state index in [0.717, 1.165) is 54.6 Å². The molecule has 4 aromatic rings. The van der Waals surface area contributed by atoms with E-state index in [-0.39, 0.29) is 11.4 Å². The van der Waals surface area contributed by atoms with Crippen molar-refractivity contribution in [1.82, 2.24) is 28.6 Å². The van der Waals surface area contributed by atoms with E-state index in [9.17, 15) is 18.0 Å². The highest BCUT2D eigenvalue weighted by atomic mass is 19.4. The highest BCUT2D eigenvalue weighted by Gasteiger charge is 2.35. The number of aryl methyl sites for hydroxylation is 1. The fourth-order valence-corrected chi connectivity index (χ4v) is 6.02. The second kappa shape index (κ2) is 9.41. The molecule has 1 aliphatic carbocycles. The Morgan fingerprint density at radius 3 is 2.58 bits per heavy atom. The summed E-state index contributed by atoms with van der Waals surface area (Å²) in [4.78, 5) is 15.7. The lowest BCUT2D eigenvalue weighted by Gasteiger charge is -2.33. The van der Waals surface area contributed by atoms with Gasteiger partial charge in [-0.1, -0.05) is 25.5 Å². The lowest BCUT2D eigenvalue weighted by molar-refractivity contribution is -0.136. The maximum absolute atomic E-state index is 14.2. The highest BCUT2D eigenvalue weighted by molar-refractivity contribution is 5.58. The fourth-order valence-electron chi connectivity index (χ4n) is 6.02. The molecule has 0 unspecified atom stereocenters. The minimum atomic E-state index is -4.58. The van der Waals surface area contributed by atoms with Gasteiger partial charge in [0, 0.05) is 38.4 Å². The molecule has 2 aliphatic rings. The topological polar surface area (TPSA) is 60.4 Å². The Balaban J connectivity index is 1.43. The van der Waals surface area contributed by atoms with Crippen molar-refractivity contribution >= 4 is 5.52 Å². The third kappa shape index (κ3) is 4.44. The Hall–Kier alpha value is -3.40. The van der Waals surface area contributed by atoms with E-state index < -0.39 is 17.4 Å². The van der Waals surface area contributed by atoms with Crippen molar-refractivity contribution < 1.29 is 13.2 Å². The molecule has 2 atom stereocenters. The monoisotopic (exact) mass is 524 g/mol. The van der Waals surface area contributed by atoms with Crippen molar-refractivity contribution in [3.05, 3.63) is 82.1 Å². The first kappa shape index (κ1) is 24.9. The van der Waals surface area contributed by atoms with Gasteiger partial charge in [0.25, 0.3) is 0 Å². The number of hydrogen-bond donors (Lipinski definition) is 0. The van der Waals surface area contributed by atoms with Crippen LogP contribution >= 0.6 is 0 Å². The first-order chi connectivity index (χ1) is 18.2. The van der Waals surface area contributed by atoms with Gasteiger partial charge in [0.05, 0.1) is 16.8 Å². The first-order valence-corrected chi connectivity index (χ1v) is 13.2. The smallest absolute Gasteiger partial charge is 0.320 e. The van der Waals surface area contributed by atoms with Gasteiger partial charge in [0.15, 0.2) is 0 Å². The maximum Gasteiger partial charge on any atom is 0.418 e. The van der Waals surface area contributed by atoms with Crippen LogP contribution in [0.3, 0.4) is 0 Å². The summed E-state index contributed by atoms with van der Waals surface area (Å²) in [5, 5.41) is 8.41. The van der Waals surface area contributed by atoms with Crippen LogP contribution in [0.5, 0.6) is 0 Å². The zero-order valence-corrected chi connectivity index (χ0v) is 21.5. The number of likely N-dealkylation sites (tertiary alicyclic amines) is 1. The van der Waals surface area contributed by atoms with Gasteiger partial charge < -0.3 is 4.57 Å². The van der Waals surface area contributed by atoms with Gasteiger partial charge in [-0.25, -0.2) is 4.79 Å². The predicted octanol–water partition coefficient (Wildman–Crippen LogP) is 5.01. The van der Waals surface area contributed by atoms with Gasteiger partial charge in [-0.2, -0.15) is 13.2 Å². The summed E-state index contributed by atoms with van der Waals surface area (Å²) in [7, 11) is 1.91. The summed E-state index contributed by atoms with van der Waals surface area (Å²) in [5.41, 5.74) is 0.546. The van der Waals surface area contributed by atoms with Crippen LogP contribution in [-0.4, -0.2) is 41.7 Å². The average molecular weight is 525 g/mol. The van der Waals surface area contributed by atoms with Gasteiger partial charge in [-0.3, -0.25) is 13.9 Å². The zero-order chi connectivity index (χ0) is 26.6. The van der Waals surface area contributed by atoms with Gasteiger partial charge >= 0.3 is 11.9 Å². The standard InChI is InChI=1S/C28H31F3N6O/c1-18-9-10-35(13-18)14-19-11-23(28(29,30)31)24-16-36(27(38)37(24)15-19)22-8-4-7-21(12-22)25(20-5-3-6-20)26-33-32-17-34(26)2/h4,7-8,11-12,15-18,20,25H,3,5-6,9-10,13-14H2,1-2H3/t18-,25+/m0/s1. The highest BCUT2D eigenvalue weighted by Crippen LogP contribution is 2.43. The molecule has 0 radical (unpaired) electrons. The Labute approximate surface area is 218 Å². The minimum Gasteiger partial charge on any atom is -0.320 e. The Morgan fingerprint density at radius 2 is 1.95 bits per heavy atom. The van der Waals surface area contributed by atoms with Gasteiger partial charge in [-0.15, -0.1) is 10.2 Å². The lowest BCUT2D eigenvalue weighted by atomic mass is 9.72. The van der Waals surface area contributed by atoms with Gasteiger partial charge in [0.2, 0.25) is 0 Å². The number of aromatic nitrogens is 5. The van der Waals surface area contributed by atoms with E-state index in [1.54, 1.807) is 18.6 Å². The molecule has 0 bridgehead atoms. The van der Waals surface area contributed by atoms with Crippen LogP contribution in [0, 0.1) is 11.8 Å². The van der Waals surface area contributed by atoms with Crippen LogP contribution in [0.2, 0.25) is 0 Å². The Kier molecular flexibility index (Phi) is 6.17. The number of pyridine rings is 1. The van der Waals surface area contributed by atoms with E-state index in [4.69, 9.17) is 0 Å². The van der Waals surface area contributed by atoms with E-state index >= 15 is 0 Å². The summed E-state index contributed by atoms with van der Waals surface area (Å²) >= 11 is 0. The molecule has 200 valence electrons. The number of fused-ring (bicyclic) bond motifs is 1. The van der Waals surface area contributed by atoms with Crippen molar-refractivity contribution in [2.45, 2.75) is 51.2 Å². The van der Waals surface area contributed by atoms with Crippen molar-refractivity contribution in [3.63, 3.8) is 0 Å². The molecule has 1 saturated heterocycles. The van der Waals surface area contributed by atoms with E-state index in [2.05, 4.69) is 22.0 Å². The van der Waals surface area contributed by atoms with Crippen LogP contribution in [0.15, 0.2) is 53.8 Å². The van der Waals surface area contributed by atoms with Crippen molar-refractivity contribution in [1.29, 1.82) is 0 Å². The quantitative estimate of drug-likeness (QED) is 0.356. The molecule has 1 saturated carbocycles. The molecule has 6 rings (SSSR count). The largest absolute Gasteiger partial charge is 0.418 e. The second-order valence-corrected chi connectivity index (χ2v) is 11.0. The number of hydrogen-bond acceptors (Lipinski definition) is 4. The third-order valence-electron chi connectivity index (χ3n) is 8.20. The Morgan fingerprint density at radius 1 is 1.13 bits per heavy atom. The molecule has 4 heterocycles. The van der Waals surface area contributed by atoms with Crippen LogP contribution in [-0.2, 0) is 19.8 Å². The third-order valence-corrected chi connectivity index (χ3v) is 8.20. The molecule has 2 fully saturated rings. The van der Waals surface area contributed by atoms with Crippen molar-refractivity contribution in [2.24, 2.45) is 18.9 Å². The summed E-state index contributed by atoms with van der Waals surface area (Å²) < 4.78 is 46.9. The number of benzene rings is 1. The molecular weight excluding hydrogens is 493 g/mol. The minimum absolute atomic E-state index is 0.00382. The fraction of sp³-hybridized carbons (Fsp3) is 0.464. The van der Waals surface area contributed by atoms with E-state index in [0.29, 0.717) is 29.6 Å². The zero-order valence-electron chi connectivity index (χ0n) is 21.5. The second-order valence-electron chi connectivity index (χ2n) is 11.0. The number of halogens is 3. The lowest BCUT2D eigenvalue weighted by Crippen LogP contribution is -2.24. The van der Waals surface area contributed by atoms with Crippen LogP contribution in [0.25, 0.3) is 11.2 Å². The average Bonchev–Trinajstić information content (AvgIpc) is 3.54. The number of nitrogens with zero attached hydrogens (tertiary/aromatic N) is 6. The van der Waals surface area contributed by atoms with Crippen LogP contribution in [0.4, 0.5) is 13.2 Å². The SMILES string of the molecule is C[C@H]1CCN(Cc2cc(C(F)(F)F)c3cn(-c4cccc([C@H](c5nncn5C)C5CCC5)c4)c(=O)n3c2)C1. The van der Waals surface area contributed by atoms with E-state index in [1.165, 1.54) is 16.8 Å². The molecule has 0 amide bonds. The van der Waals surface area contributed by atoms with Crippen LogP contribution < -0.4 is 5.69 Å². The van der Waals surface area contributed by atoms with E-state index in [1.807, 2.05) is 29.8 Å². The summed E-state index contributed by atoms with van der Waals surface area (Å²) in [6.45, 7) is 4.22. The molecule has 10 heteroatoms. The summed E-state index contributed by atoms with van der Waals surface area (Å²) in [6.07, 6.45) is 4.30. The predicted molar refractivity (Wildman–Crippen MR) is 137 cm³/mol. The van der Waals surface area contributed by atoms with Crippen molar-refractivity contribution in [3.8, 4) is 5.69 Å². The summed E-state index contributed by atoms with van der Waals surface area (Å²) in [6, 6.07) is 8.71. The molecule has 0 N–H and O–H groups in total. The molecular formula is C28H31F3N6O. The maximum atomic E-state index is 14.2. The molecule has 38 heavy (non-hydrogen) atoms. The van der Waals surface area contributed by atoms with Gasteiger partial charge in [-0.05, 0) is 67.0 Å². The van der Waals surface area contributed by atoms with Crippen molar-refractivity contribution in [2.75, 3.05) is 13.1 Å². The summed E-state index contributed by atoms with van der Waals surface area (Å²) in [5.74, 6) is 1.78. The first-order valence-electron chi connectivity index (χ1n) is 13.2. The normalized spacial score (nSPS) is 19.8. The molecule has 1 aromatic carbocycles. The molecule has 7 nitrogen and oxygen atoms in total. The number of alkyl halides is 3.